The Morgan fingerprint density at radius 2 is 2.12 bits per heavy atom. The van der Waals surface area contributed by atoms with Gasteiger partial charge in [0.05, 0.1) is 18.8 Å². The average Bonchev–Trinajstić information content (AvgIpc) is 3.43. The van der Waals surface area contributed by atoms with Crippen molar-refractivity contribution in [3.8, 4) is 0 Å². The molecule has 26 heavy (non-hydrogen) atoms. The third-order valence-electron chi connectivity index (χ3n) is 5.39. The van der Waals surface area contributed by atoms with Crippen LogP contribution in [-0.2, 0) is 20.8 Å². The molecule has 1 aromatic carbocycles. The number of carbonyl (C=O) groups is 2. The molecule has 0 unspecified atom stereocenters. The largest absolute Gasteiger partial charge is 0.379 e. The zero-order valence-corrected chi connectivity index (χ0v) is 15.0. The highest BCUT2D eigenvalue weighted by molar-refractivity contribution is 5.98. The van der Waals surface area contributed by atoms with Gasteiger partial charge < -0.3 is 19.7 Å². The van der Waals surface area contributed by atoms with Crippen LogP contribution in [-0.4, -0.2) is 55.2 Å². The van der Waals surface area contributed by atoms with Gasteiger partial charge in [0.2, 0.25) is 5.91 Å². The molecule has 1 saturated carbocycles. The van der Waals surface area contributed by atoms with E-state index < -0.39 is 0 Å². The number of ether oxygens (including phenoxy) is 2. The van der Waals surface area contributed by atoms with Gasteiger partial charge in [-0.15, -0.1) is 0 Å². The van der Waals surface area contributed by atoms with Gasteiger partial charge in [-0.2, -0.15) is 0 Å². The minimum atomic E-state index is -0.0959. The van der Waals surface area contributed by atoms with Crippen molar-refractivity contribution in [1.29, 1.82) is 0 Å². The minimum absolute atomic E-state index is 0.0139. The molecule has 1 N–H and O–H groups in total. The second kappa shape index (κ2) is 7.76. The van der Waals surface area contributed by atoms with E-state index in [2.05, 4.69) is 5.32 Å². The molecule has 2 fully saturated rings. The van der Waals surface area contributed by atoms with Crippen LogP contribution in [0.2, 0.25) is 0 Å². The molecule has 0 aromatic heterocycles. The first kappa shape index (κ1) is 17.5. The normalized spacial score (nSPS) is 25.2. The Kier molecular flexibility index (Phi) is 5.22. The molecule has 2 amide bonds. The van der Waals surface area contributed by atoms with E-state index >= 15 is 0 Å². The first-order chi connectivity index (χ1) is 12.7. The Morgan fingerprint density at radius 3 is 2.92 bits per heavy atom. The monoisotopic (exact) mass is 358 g/mol. The summed E-state index contributed by atoms with van der Waals surface area (Å²) in [6.07, 6.45) is 3.66. The highest BCUT2D eigenvalue weighted by Crippen LogP contribution is 2.30. The van der Waals surface area contributed by atoms with Gasteiger partial charge in [-0.3, -0.25) is 9.59 Å². The Hall–Kier alpha value is -1.92. The summed E-state index contributed by atoms with van der Waals surface area (Å²) in [6, 6.07) is 7.53. The zero-order chi connectivity index (χ0) is 17.9. The number of carbonyl (C=O) groups excluding carboxylic acids is 2. The summed E-state index contributed by atoms with van der Waals surface area (Å²) >= 11 is 0. The molecule has 0 radical (unpaired) electrons. The van der Waals surface area contributed by atoms with Crippen LogP contribution in [0, 0.1) is 5.92 Å². The number of rotatable bonds is 7. The summed E-state index contributed by atoms with van der Waals surface area (Å²) in [5, 5.41) is 3.05. The fourth-order valence-corrected chi connectivity index (χ4v) is 3.61. The van der Waals surface area contributed by atoms with Gasteiger partial charge in [-0.1, -0.05) is 18.2 Å². The first-order valence-corrected chi connectivity index (χ1v) is 9.56. The smallest absolute Gasteiger partial charge is 0.254 e. The average molecular weight is 358 g/mol. The van der Waals surface area contributed by atoms with Crippen LogP contribution in [0.3, 0.4) is 0 Å². The van der Waals surface area contributed by atoms with Crippen LogP contribution < -0.4 is 5.32 Å². The van der Waals surface area contributed by atoms with E-state index in [0.29, 0.717) is 38.6 Å². The predicted molar refractivity (Wildman–Crippen MR) is 95.6 cm³/mol. The molecular formula is C20H26N2O4. The van der Waals surface area contributed by atoms with Crippen molar-refractivity contribution in [1.82, 2.24) is 10.2 Å². The summed E-state index contributed by atoms with van der Waals surface area (Å²) in [5.41, 5.74) is 1.79. The molecule has 6 nitrogen and oxygen atoms in total. The molecule has 1 saturated heterocycles. The first-order valence-electron chi connectivity index (χ1n) is 9.56. The number of amides is 2. The zero-order valence-electron chi connectivity index (χ0n) is 15.0. The second-order valence-electron chi connectivity index (χ2n) is 7.49. The number of fused-ring (bicyclic) bond motifs is 1. The van der Waals surface area contributed by atoms with E-state index in [1.807, 2.05) is 24.3 Å². The van der Waals surface area contributed by atoms with E-state index in [-0.39, 0.29) is 24.0 Å². The Morgan fingerprint density at radius 1 is 1.27 bits per heavy atom. The van der Waals surface area contributed by atoms with E-state index in [1.54, 1.807) is 4.90 Å². The van der Waals surface area contributed by atoms with Crippen LogP contribution in [0.4, 0.5) is 0 Å². The lowest BCUT2D eigenvalue weighted by Crippen LogP contribution is -2.51. The van der Waals surface area contributed by atoms with Crippen molar-refractivity contribution < 1.29 is 19.1 Å². The quantitative estimate of drug-likeness (QED) is 0.806. The van der Waals surface area contributed by atoms with Crippen molar-refractivity contribution in [2.75, 3.05) is 26.4 Å². The maximum atomic E-state index is 12.4. The molecule has 0 spiro atoms. The van der Waals surface area contributed by atoms with E-state index in [1.165, 1.54) is 12.8 Å². The number of benzene rings is 1. The summed E-state index contributed by atoms with van der Waals surface area (Å²) in [5.74, 6) is 0.668. The van der Waals surface area contributed by atoms with Crippen LogP contribution in [0.15, 0.2) is 24.3 Å². The van der Waals surface area contributed by atoms with Crippen LogP contribution >= 0.6 is 0 Å². The third kappa shape index (κ3) is 4.07. The van der Waals surface area contributed by atoms with Gasteiger partial charge in [-0.25, -0.2) is 0 Å². The fraction of sp³-hybridized carbons (Fsp3) is 0.600. The summed E-state index contributed by atoms with van der Waals surface area (Å²) in [7, 11) is 0. The third-order valence-corrected chi connectivity index (χ3v) is 5.39. The highest BCUT2D eigenvalue weighted by Gasteiger charge is 2.31. The minimum Gasteiger partial charge on any atom is -0.379 e. The second-order valence-corrected chi connectivity index (χ2v) is 7.49. The summed E-state index contributed by atoms with van der Waals surface area (Å²) < 4.78 is 11.5. The van der Waals surface area contributed by atoms with Crippen LogP contribution in [0.1, 0.15) is 41.6 Å². The molecule has 2 aliphatic heterocycles. The van der Waals surface area contributed by atoms with Gasteiger partial charge >= 0.3 is 0 Å². The lowest BCUT2D eigenvalue weighted by Gasteiger charge is -2.32. The number of hydrogen-bond donors (Lipinski definition) is 1. The molecule has 140 valence electrons. The molecule has 1 aromatic rings. The molecule has 0 bridgehead atoms. The van der Waals surface area contributed by atoms with Gasteiger partial charge in [0.25, 0.3) is 5.91 Å². The number of nitrogens with zero attached hydrogens (tertiary/aromatic N) is 1. The summed E-state index contributed by atoms with van der Waals surface area (Å²) in [4.78, 5) is 26.5. The molecule has 2 heterocycles. The Balaban J connectivity index is 1.25. The lowest BCUT2D eigenvalue weighted by atomic mass is 10.1. The topological polar surface area (TPSA) is 67.9 Å². The number of hydrogen-bond acceptors (Lipinski definition) is 4. The predicted octanol–water partition coefficient (Wildman–Crippen LogP) is 1.73. The maximum Gasteiger partial charge on any atom is 0.254 e. The van der Waals surface area contributed by atoms with Gasteiger partial charge in [-0.05, 0) is 36.8 Å². The summed E-state index contributed by atoms with van der Waals surface area (Å²) in [6.45, 7) is 2.98. The molecular weight excluding hydrogens is 332 g/mol. The van der Waals surface area contributed by atoms with Gasteiger partial charge in [0.1, 0.15) is 0 Å². The highest BCUT2D eigenvalue weighted by atomic mass is 16.5. The standard InChI is InChI=1S/C20H26N2O4/c23-19(7-9-22-11-15-3-1-2-4-16(15)20(22)24)21-17-13-25-10-8-18(17)26-12-14-5-6-14/h1-4,14,17-18H,5-13H2,(H,21,23)/t17-,18+/m1/s1. The van der Waals surface area contributed by atoms with E-state index in [4.69, 9.17) is 9.47 Å². The Bertz CT molecular complexity index is 674. The van der Waals surface area contributed by atoms with Crippen molar-refractivity contribution in [3.05, 3.63) is 35.4 Å². The van der Waals surface area contributed by atoms with Crippen molar-refractivity contribution in [2.24, 2.45) is 5.92 Å². The molecule has 3 aliphatic rings. The van der Waals surface area contributed by atoms with Crippen LogP contribution in [0.25, 0.3) is 0 Å². The SMILES string of the molecule is O=C(CCN1Cc2ccccc2C1=O)N[C@@H]1COCC[C@@H]1OCC1CC1. The molecule has 2 atom stereocenters. The van der Waals surface area contributed by atoms with Crippen molar-refractivity contribution >= 4 is 11.8 Å². The van der Waals surface area contributed by atoms with E-state index in [0.717, 1.165) is 24.2 Å². The van der Waals surface area contributed by atoms with E-state index in [9.17, 15) is 9.59 Å². The lowest BCUT2D eigenvalue weighted by molar-refractivity contribution is -0.126. The molecule has 1 aliphatic carbocycles. The fourth-order valence-electron chi connectivity index (χ4n) is 3.61. The van der Waals surface area contributed by atoms with Gasteiger partial charge in [0.15, 0.2) is 0 Å². The van der Waals surface area contributed by atoms with Crippen LogP contribution in [0.5, 0.6) is 0 Å². The van der Waals surface area contributed by atoms with Crippen molar-refractivity contribution in [3.63, 3.8) is 0 Å². The van der Waals surface area contributed by atoms with Gasteiger partial charge in [0, 0.05) is 38.3 Å². The molecule has 4 rings (SSSR count). The molecule has 6 heteroatoms. The number of nitrogens with one attached hydrogen (secondary N) is 1. The Labute approximate surface area is 153 Å². The van der Waals surface area contributed by atoms with Crippen molar-refractivity contribution in [2.45, 2.75) is 44.4 Å². The maximum absolute atomic E-state index is 12.4.